The van der Waals surface area contributed by atoms with Crippen LogP contribution in [0.5, 0.6) is 0 Å². The molecule has 3 nitrogen and oxygen atoms in total. The standard InChI is InChI=1S/C14H9N3S/c1-2-4-12-11(3-1)17-14-9-7-15-8-16-10(9)5-6-13(14)18-12/h1-8,17H. The largest absolute Gasteiger partial charge is 0.353 e. The van der Waals surface area contributed by atoms with Gasteiger partial charge in [0.15, 0.2) is 0 Å². The van der Waals surface area contributed by atoms with Crippen LogP contribution in [0, 0.1) is 0 Å². The minimum absolute atomic E-state index is 0.969. The molecule has 18 heavy (non-hydrogen) atoms. The fraction of sp³-hybridized carbons (Fsp3) is 0. The molecular weight excluding hydrogens is 242 g/mol. The summed E-state index contributed by atoms with van der Waals surface area (Å²) in [6, 6.07) is 12.5. The average molecular weight is 251 g/mol. The van der Waals surface area contributed by atoms with Crippen molar-refractivity contribution in [1.82, 2.24) is 9.97 Å². The van der Waals surface area contributed by atoms with E-state index in [0.29, 0.717) is 0 Å². The second-order valence-corrected chi connectivity index (χ2v) is 5.20. The molecule has 0 radical (unpaired) electrons. The molecule has 0 amide bonds. The van der Waals surface area contributed by atoms with Crippen LogP contribution in [0.2, 0.25) is 0 Å². The molecule has 2 heterocycles. The molecule has 4 heteroatoms. The first-order valence-electron chi connectivity index (χ1n) is 5.68. The molecule has 0 unspecified atom stereocenters. The van der Waals surface area contributed by atoms with E-state index in [-0.39, 0.29) is 0 Å². The Hall–Kier alpha value is -2.07. The average Bonchev–Trinajstić information content (AvgIpc) is 2.45. The van der Waals surface area contributed by atoms with E-state index in [1.165, 1.54) is 9.79 Å². The summed E-state index contributed by atoms with van der Waals surface area (Å²) in [5.74, 6) is 0. The van der Waals surface area contributed by atoms with Gasteiger partial charge >= 0.3 is 0 Å². The molecule has 86 valence electrons. The second-order valence-electron chi connectivity index (χ2n) is 4.12. The van der Waals surface area contributed by atoms with Crippen LogP contribution in [0.25, 0.3) is 10.9 Å². The molecule has 1 aromatic heterocycles. The minimum Gasteiger partial charge on any atom is -0.353 e. The Morgan fingerprint density at radius 1 is 1.00 bits per heavy atom. The van der Waals surface area contributed by atoms with Gasteiger partial charge in [-0.3, -0.25) is 0 Å². The van der Waals surface area contributed by atoms with E-state index < -0.39 is 0 Å². The summed E-state index contributed by atoms with van der Waals surface area (Å²) >= 11 is 1.78. The van der Waals surface area contributed by atoms with Gasteiger partial charge < -0.3 is 5.32 Å². The molecule has 1 aliphatic rings. The Morgan fingerprint density at radius 3 is 2.94 bits per heavy atom. The summed E-state index contributed by atoms with van der Waals surface area (Å²) in [5.41, 5.74) is 3.22. The van der Waals surface area contributed by atoms with Crippen molar-refractivity contribution in [2.75, 3.05) is 5.32 Å². The van der Waals surface area contributed by atoms with Crippen molar-refractivity contribution in [3.05, 3.63) is 48.9 Å². The lowest BCUT2D eigenvalue weighted by molar-refractivity contribution is 1.21. The van der Waals surface area contributed by atoms with Crippen LogP contribution in [0.15, 0.2) is 58.7 Å². The van der Waals surface area contributed by atoms with Gasteiger partial charge in [0.25, 0.3) is 0 Å². The molecule has 0 aliphatic carbocycles. The van der Waals surface area contributed by atoms with E-state index in [9.17, 15) is 0 Å². The van der Waals surface area contributed by atoms with E-state index in [0.717, 1.165) is 22.3 Å². The summed E-state index contributed by atoms with van der Waals surface area (Å²) in [6.07, 6.45) is 3.45. The molecule has 1 aliphatic heterocycles. The molecule has 0 saturated carbocycles. The van der Waals surface area contributed by atoms with Gasteiger partial charge in [0.2, 0.25) is 0 Å². The van der Waals surface area contributed by atoms with Crippen molar-refractivity contribution < 1.29 is 0 Å². The lowest BCUT2D eigenvalue weighted by atomic mass is 10.2. The smallest absolute Gasteiger partial charge is 0.116 e. The van der Waals surface area contributed by atoms with Gasteiger partial charge in [-0.1, -0.05) is 23.9 Å². The van der Waals surface area contributed by atoms with Gasteiger partial charge in [-0.15, -0.1) is 0 Å². The van der Waals surface area contributed by atoms with Gasteiger partial charge in [0.1, 0.15) is 6.33 Å². The molecule has 4 rings (SSSR count). The lowest BCUT2D eigenvalue weighted by Gasteiger charge is -2.21. The number of fused-ring (bicyclic) bond motifs is 4. The van der Waals surface area contributed by atoms with Gasteiger partial charge in [-0.05, 0) is 24.3 Å². The van der Waals surface area contributed by atoms with Crippen LogP contribution in [-0.4, -0.2) is 9.97 Å². The Morgan fingerprint density at radius 2 is 1.94 bits per heavy atom. The summed E-state index contributed by atoms with van der Waals surface area (Å²) in [6.45, 7) is 0. The lowest BCUT2D eigenvalue weighted by Crippen LogP contribution is -2.00. The molecule has 0 spiro atoms. The molecule has 0 bridgehead atoms. The number of anilines is 2. The quantitative estimate of drug-likeness (QED) is 0.515. The summed E-state index contributed by atoms with van der Waals surface area (Å²) < 4.78 is 0. The number of rotatable bonds is 0. The summed E-state index contributed by atoms with van der Waals surface area (Å²) in [5, 5.41) is 4.55. The van der Waals surface area contributed by atoms with Crippen LogP contribution in [0.1, 0.15) is 0 Å². The maximum Gasteiger partial charge on any atom is 0.116 e. The van der Waals surface area contributed by atoms with Gasteiger partial charge in [0.05, 0.1) is 16.9 Å². The first-order valence-corrected chi connectivity index (χ1v) is 6.50. The predicted molar refractivity (Wildman–Crippen MR) is 73.4 cm³/mol. The number of nitrogens with zero attached hydrogens (tertiary/aromatic N) is 2. The number of nitrogens with one attached hydrogen (secondary N) is 1. The number of hydrogen-bond donors (Lipinski definition) is 1. The fourth-order valence-electron chi connectivity index (χ4n) is 2.16. The summed E-state index contributed by atoms with van der Waals surface area (Å²) in [7, 11) is 0. The van der Waals surface area contributed by atoms with Gasteiger partial charge in [-0.25, -0.2) is 9.97 Å². The van der Waals surface area contributed by atoms with Crippen LogP contribution >= 0.6 is 11.8 Å². The van der Waals surface area contributed by atoms with Crippen molar-refractivity contribution in [2.45, 2.75) is 9.79 Å². The van der Waals surface area contributed by atoms with Crippen LogP contribution in [0.3, 0.4) is 0 Å². The Labute approximate surface area is 108 Å². The number of benzene rings is 2. The molecule has 1 N–H and O–H groups in total. The van der Waals surface area contributed by atoms with E-state index in [1.807, 2.05) is 18.3 Å². The summed E-state index contributed by atoms with van der Waals surface area (Å²) in [4.78, 5) is 10.9. The molecule has 0 atom stereocenters. The number of hydrogen-bond acceptors (Lipinski definition) is 4. The van der Waals surface area contributed by atoms with Crippen LogP contribution in [-0.2, 0) is 0 Å². The molecule has 3 aromatic rings. The third-order valence-electron chi connectivity index (χ3n) is 3.02. The number of para-hydroxylation sites is 1. The van der Waals surface area contributed by atoms with Gasteiger partial charge in [-0.2, -0.15) is 0 Å². The van der Waals surface area contributed by atoms with Gasteiger partial charge in [0, 0.05) is 21.4 Å². The third kappa shape index (κ3) is 1.39. The van der Waals surface area contributed by atoms with E-state index in [4.69, 9.17) is 0 Å². The minimum atomic E-state index is 0.969. The molecule has 2 aromatic carbocycles. The van der Waals surface area contributed by atoms with Crippen molar-refractivity contribution in [3.8, 4) is 0 Å². The monoisotopic (exact) mass is 251 g/mol. The van der Waals surface area contributed by atoms with Crippen molar-refractivity contribution >= 4 is 34.0 Å². The number of aromatic nitrogens is 2. The normalized spacial score (nSPS) is 12.7. The van der Waals surface area contributed by atoms with Crippen LogP contribution < -0.4 is 5.32 Å². The fourth-order valence-corrected chi connectivity index (χ4v) is 3.17. The Kier molecular flexibility index (Phi) is 2.04. The van der Waals surface area contributed by atoms with Crippen molar-refractivity contribution in [1.29, 1.82) is 0 Å². The highest BCUT2D eigenvalue weighted by molar-refractivity contribution is 7.99. The highest BCUT2D eigenvalue weighted by Gasteiger charge is 2.17. The highest BCUT2D eigenvalue weighted by Crippen LogP contribution is 2.46. The Balaban J connectivity index is 1.98. The Bertz CT molecular complexity index is 755. The highest BCUT2D eigenvalue weighted by atomic mass is 32.2. The molecule has 0 fully saturated rings. The van der Waals surface area contributed by atoms with Crippen molar-refractivity contribution in [2.24, 2.45) is 0 Å². The maximum atomic E-state index is 4.28. The topological polar surface area (TPSA) is 37.8 Å². The zero-order valence-corrected chi connectivity index (χ0v) is 10.2. The molecular formula is C14H9N3S. The second kappa shape index (κ2) is 3.71. The first kappa shape index (κ1) is 9.91. The first-order chi connectivity index (χ1) is 8.92. The molecule has 0 saturated heterocycles. The SMILES string of the molecule is c1ccc2c(c1)Nc1c(ccc3ncncc13)S2. The zero-order chi connectivity index (χ0) is 11.9. The van der Waals surface area contributed by atoms with E-state index >= 15 is 0 Å². The predicted octanol–water partition coefficient (Wildman–Crippen LogP) is 3.84. The van der Waals surface area contributed by atoms with E-state index in [2.05, 4.69) is 39.6 Å². The van der Waals surface area contributed by atoms with Crippen LogP contribution in [0.4, 0.5) is 11.4 Å². The maximum absolute atomic E-state index is 4.28. The zero-order valence-electron chi connectivity index (χ0n) is 9.42. The third-order valence-corrected chi connectivity index (χ3v) is 4.15. The van der Waals surface area contributed by atoms with E-state index in [1.54, 1.807) is 18.1 Å². The van der Waals surface area contributed by atoms with Crippen molar-refractivity contribution in [3.63, 3.8) is 0 Å².